The lowest BCUT2D eigenvalue weighted by Gasteiger charge is -2.27. The first-order valence-corrected chi connectivity index (χ1v) is 8.06. The van der Waals surface area contributed by atoms with Crippen LogP contribution in [0.25, 0.3) is 0 Å². The maximum absolute atomic E-state index is 12.4. The van der Waals surface area contributed by atoms with Gasteiger partial charge in [-0.1, -0.05) is 6.07 Å². The second kappa shape index (κ2) is 6.84. The van der Waals surface area contributed by atoms with Crippen molar-refractivity contribution >= 4 is 33.7 Å². The van der Waals surface area contributed by atoms with E-state index < -0.39 is 29.7 Å². The van der Waals surface area contributed by atoms with E-state index in [1.54, 1.807) is 39.0 Å². The number of aromatic nitrogens is 1. The van der Waals surface area contributed by atoms with Crippen LogP contribution in [0.2, 0.25) is 0 Å². The van der Waals surface area contributed by atoms with Crippen molar-refractivity contribution in [1.29, 1.82) is 0 Å². The maximum Gasteiger partial charge on any atom is 0.411 e. The maximum atomic E-state index is 12.4. The number of aliphatic hydroxyl groups excluding tert-OH is 1. The summed E-state index contributed by atoms with van der Waals surface area (Å²) in [5.41, 5.74) is -0.669. The highest BCUT2D eigenvalue weighted by Gasteiger charge is 2.41. The number of halogens is 1. The van der Waals surface area contributed by atoms with Gasteiger partial charge in [0.25, 0.3) is 0 Å². The van der Waals surface area contributed by atoms with Crippen LogP contribution in [-0.2, 0) is 9.53 Å². The van der Waals surface area contributed by atoms with Gasteiger partial charge in [0.2, 0.25) is 5.91 Å². The molecule has 7 nitrogen and oxygen atoms in total. The molecule has 23 heavy (non-hydrogen) atoms. The summed E-state index contributed by atoms with van der Waals surface area (Å²) in [6, 6.07) is 4.33. The van der Waals surface area contributed by atoms with Crippen molar-refractivity contribution < 1.29 is 19.4 Å². The van der Waals surface area contributed by atoms with Crippen LogP contribution < -0.4 is 5.32 Å². The number of pyridine rings is 1. The van der Waals surface area contributed by atoms with Crippen LogP contribution in [0.1, 0.15) is 27.2 Å². The molecule has 8 heteroatoms. The fourth-order valence-electron chi connectivity index (χ4n) is 2.27. The van der Waals surface area contributed by atoms with Crippen molar-refractivity contribution in [1.82, 2.24) is 9.88 Å². The Morgan fingerprint density at radius 3 is 2.74 bits per heavy atom. The van der Waals surface area contributed by atoms with Crippen LogP contribution in [-0.4, -0.2) is 51.3 Å². The highest BCUT2D eigenvalue weighted by atomic mass is 79.9. The van der Waals surface area contributed by atoms with Crippen LogP contribution >= 0.6 is 15.9 Å². The molecule has 0 radical (unpaired) electrons. The number of likely N-dealkylation sites (tertiary alicyclic amines) is 1. The van der Waals surface area contributed by atoms with E-state index in [-0.39, 0.29) is 13.0 Å². The molecule has 2 rings (SSSR count). The van der Waals surface area contributed by atoms with Crippen LogP contribution in [0.3, 0.4) is 0 Å². The van der Waals surface area contributed by atoms with Gasteiger partial charge in [-0.05, 0) is 48.8 Å². The van der Waals surface area contributed by atoms with Gasteiger partial charge >= 0.3 is 6.09 Å². The topological polar surface area (TPSA) is 91.8 Å². The van der Waals surface area contributed by atoms with Gasteiger partial charge in [-0.15, -0.1) is 0 Å². The first-order valence-electron chi connectivity index (χ1n) is 7.27. The predicted molar refractivity (Wildman–Crippen MR) is 87.9 cm³/mol. The molecule has 2 atom stereocenters. The van der Waals surface area contributed by atoms with Crippen LogP contribution in [0.4, 0.5) is 10.6 Å². The van der Waals surface area contributed by atoms with E-state index in [1.807, 2.05) is 0 Å². The van der Waals surface area contributed by atoms with Crippen molar-refractivity contribution in [2.45, 2.75) is 44.9 Å². The van der Waals surface area contributed by atoms with Gasteiger partial charge < -0.3 is 15.2 Å². The first-order chi connectivity index (χ1) is 10.7. The zero-order valence-corrected chi connectivity index (χ0v) is 14.8. The van der Waals surface area contributed by atoms with Crippen LogP contribution in [0, 0.1) is 0 Å². The zero-order chi connectivity index (χ0) is 17.2. The normalized spacial score (nSPS) is 21.2. The second-order valence-corrected chi connectivity index (χ2v) is 7.19. The summed E-state index contributed by atoms with van der Waals surface area (Å²) in [5.74, 6) is -0.0343. The molecule has 0 bridgehead atoms. The lowest BCUT2D eigenvalue weighted by atomic mass is 10.2. The third kappa shape index (κ3) is 4.90. The van der Waals surface area contributed by atoms with Crippen molar-refractivity contribution in [3.05, 3.63) is 22.8 Å². The lowest BCUT2D eigenvalue weighted by Crippen LogP contribution is -2.45. The molecule has 1 aliphatic heterocycles. The average molecular weight is 386 g/mol. The number of ether oxygens (including phenoxy) is 1. The Bertz CT molecular complexity index is 603. The number of rotatable bonds is 2. The number of carbonyl (C=O) groups is 2. The number of aliphatic hydroxyl groups is 1. The molecule has 2 heterocycles. The molecule has 1 aromatic rings. The van der Waals surface area contributed by atoms with E-state index in [0.717, 1.165) is 0 Å². The van der Waals surface area contributed by atoms with Gasteiger partial charge in [-0.3, -0.25) is 9.69 Å². The van der Waals surface area contributed by atoms with Crippen LogP contribution in [0.15, 0.2) is 22.8 Å². The highest BCUT2D eigenvalue weighted by Crippen LogP contribution is 2.22. The molecule has 1 saturated heterocycles. The van der Waals surface area contributed by atoms with Crippen molar-refractivity contribution in [2.24, 2.45) is 0 Å². The van der Waals surface area contributed by atoms with Gasteiger partial charge in [0.15, 0.2) is 0 Å². The summed E-state index contributed by atoms with van der Waals surface area (Å²) >= 11 is 3.23. The molecule has 0 aliphatic carbocycles. The number of nitrogens with one attached hydrogen (secondary N) is 1. The van der Waals surface area contributed by atoms with Crippen molar-refractivity contribution in [3.63, 3.8) is 0 Å². The van der Waals surface area contributed by atoms with E-state index in [2.05, 4.69) is 26.2 Å². The molecule has 0 spiro atoms. The zero-order valence-electron chi connectivity index (χ0n) is 13.2. The Morgan fingerprint density at radius 1 is 1.43 bits per heavy atom. The second-order valence-electron chi connectivity index (χ2n) is 6.37. The standard InChI is InChI=1S/C15H20BrN3O4/c1-15(2,3)23-14(22)19-8-9(20)7-10(19)13(21)18-12-6-4-5-11(16)17-12/h4-6,9-10,20H,7-8H2,1-3H3,(H,17,18,21). The molecule has 2 N–H and O–H groups in total. The third-order valence-corrected chi connectivity index (χ3v) is 3.62. The van der Waals surface area contributed by atoms with E-state index in [0.29, 0.717) is 10.4 Å². The van der Waals surface area contributed by atoms with E-state index >= 15 is 0 Å². The van der Waals surface area contributed by atoms with Crippen molar-refractivity contribution in [3.8, 4) is 0 Å². The van der Waals surface area contributed by atoms with Gasteiger partial charge in [0, 0.05) is 6.42 Å². The summed E-state index contributed by atoms with van der Waals surface area (Å²) in [6.07, 6.45) is -1.20. The fraction of sp³-hybridized carbons (Fsp3) is 0.533. The molecule has 0 aromatic carbocycles. The molecule has 1 fully saturated rings. The molecule has 2 amide bonds. The fourth-order valence-corrected chi connectivity index (χ4v) is 2.62. The Labute approximate surface area is 143 Å². The number of hydrogen-bond acceptors (Lipinski definition) is 5. The molecular formula is C15H20BrN3O4. The summed E-state index contributed by atoms with van der Waals surface area (Å²) in [5, 5.41) is 12.5. The Morgan fingerprint density at radius 2 is 2.13 bits per heavy atom. The SMILES string of the molecule is CC(C)(C)OC(=O)N1CC(O)CC1C(=O)Nc1cccc(Br)n1. The lowest BCUT2D eigenvalue weighted by molar-refractivity contribution is -0.120. The number of carbonyl (C=O) groups excluding carboxylic acids is 2. The summed E-state index contributed by atoms with van der Waals surface area (Å²) < 4.78 is 5.88. The summed E-state index contributed by atoms with van der Waals surface area (Å²) in [7, 11) is 0. The third-order valence-electron chi connectivity index (χ3n) is 3.18. The Hall–Kier alpha value is -1.67. The first kappa shape index (κ1) is 17.7. The Kier molecular flexibility index (Phi) is 5.26. The highest BCUT2D eigenvalue weighted by molar-refractivity contribution is 9.10. The monoisotopic (exact) mass is 385 g/mol. The number of hydrogen-bond donors (Lipinski definition) is 2. The molecule has 2 unspecified atom stereocenters. The minimum absolute atomic E-state index is 0.0684. The summed E-state index contributed by atoms with van der Waals surface area (Å²) in [4.78, 5) is 30.0. The van der Waals surface area contributed by atoms with Crippen molar-refractivity contribution in [2.75, 3.05) is 11.9 Å². The van der Waals surface area contributed by atoms with E-state index in [1.165, 1.54) is 4.90 Å². The average Bonchev–Trinajstić information content (AvgIpc) is 2.79. The largest absolute Gasteiger partial charge is 0.444 e. The quantitative estimate of drug-likeness (QED) is 0.760. The number of β-amino-alcohol motifs (C(OH)–C–C–N with tert-alkyl or cyclic N) is 1. The predicted octanol–water partition coefficient (Wildman–Crippen LogP) is 2.15. The van der Waals surface area contributed by atoms with Gasteiger partial charge in [-0.25, -0.2) is 9.78 Å². The molecule has 0 saturated carbocycles. The van der Waals surface area contributed by atoms with Gasteiger partial charge in [0.05, 0.1) is 12.6 Å². The molecule has 1 aromatic heterocycles. The minimum atomic E-state index is -0.791. The number of anilines is 1. The molecule has 1 aliphatic rings. The summed E-state index contributed by atoms with van der Waals surface area (Å²) in [6.45, 7) is 5.31. The van der Waals surface area contributed by atoms with Gasteiger partial charge in [0.1, 0.15) is 22.1 Å². The number of nitrogens with zero attached hydrogens (tertiary/aromatic N) is 2. The van der Waals surface area contributed by atoms with E-state index in [9.17, 15) is 14.7 Å². The number of amides is 2. The minimum Gasteiger partial charge on any atom is -0.444 e. The van der Waals surface area contributed by atoms with Crippen LogP contribution in [0.5, 0.6) is 0 Å². The van der Waals surface area contributed by atoms with E-state index in [4.69, 9.17) is 4.74 Å². The molecule has 126 valence electrons. The Balaban J connectivity index is 2.09. The smallest absolute Gasteiger partial charge is 0.411 e. The molecular weight excluding hydrogens is 366 g/mol. The van der Waals surface area contributed by atoms with Gasteiger partial charge in [-0.2, -0.15) is 0 Å².